The molecule has 148 valence electrons. The van der Waals surface area contributed by atoms with Crippen LogP contribution in [0.3, 0.4) is 0 Å². The summed E-state index contributed by atoms with van der Waals surface area (Å²) in [5.41, 5.74) is 2.22. The summed E-state index contributed by atoms with van der Waals surface area (Å²) in [6.45, 7) is 7.35. The van der Waals surface area contributed by atoms with Crippen molar-refractivity contribution < 1.29 is 29.1 Å². The van der Waals surface area contributed by atoms with Crippen molar-refractivity contribution in [2.75, 3.05) is 7.05 Å². The highest BCUT2D eigenvalue weighted by Crippen LogP contribution is 2.09. The average molecular weight is 372 g/mol. The van der Waals surface area contributed by atoms with Crippen molar-refractivity contribution in [1.82, 2.24) is 21.1 Å². The van der Waals surface area contributed by atoms with Crippen LogP contribution < -0.4 is 16.1 Å². The van der Waals surface area contributed by atoms with Crippen LogP contribution in [-0.4, -0.2) is 59.3 Å². The van der Waals surface area contributed by atoms with E-state index in [0.29, 0.717) is 0 Å². The van der Waals surface area contributed by atoms with Gasteiger partial charge in [0.15, 0.2) is 0 Å². The molecule has 4 amide bonds. The highest BCUT2D eigenvalue weighted by atomic mass is 16.4. The Morgan fingerprint density at radius 1 is 0.923 bits per heavy atom. The molecule has 26 heavy (non-hydrogen) atoms. The van der Waals surface area contributed by atoms with Gasteiger partial charge >= 0.3 is 12.0 Å². The van der Waals surface area contributed by atoms with E-state index in [0.717, 1.165) is 5.01 Å². The third kappa shape index (κ3) is 9.00. The third-order valence-corrected chi connectivity index (χ3v) is 3.37. The van der Waals surface area contributed by atoms with Gasteiger partial charge in [-0.1, -0.05) is 27.7 Å². The van der Waals surface area contributed by atoms with Crippen LogP contribution in [-0.2, 0) is 19.2 Å². The summed E-state index contributed by atoms with van der Waals surface area (Å²) in [5, 5.41) is 14.3. The number of aldehydes is 1. The molecule has 0 aromatic carbocycles. The number of amides is 4. The molecule has 10 heteroatoms. The summed E-state index contributed by atoms with van der Waals surface area (Å²) >= 11 is 0. The average Bonchev–Trinajstić information content (AvgIpc) is 2.51. The minimum Gasteiger partial charge on any atom is -0.465 e. The molecular weight excluding hydrogens is 344 g/mol. The highest BCUT2D eigenvalue weighted by molar-refractivity contribution is 6.23. The van der Waals surface area contributed by atoms with Crippen LogP contribution >= 0.6 is 0 Å². The summed E-state index contributed by atoms with van der Waals surface area (Å²) in [4.78, 5) is 57.4. The minimum atomic E-state index is -1.34. The number of hydrazine groups is 1. The Hall–Kier alpha value is -2.65. The smallest absolute Gasteiger partial charge is 0.405 e. The second-order valence-corrected chi connectivity index (χ2v) is 6.81. The van der Waals surface area contributed by atoms with E-state index in [1.165, 1.54) is 7.05 Å². The Morgan fingerprint density at radius 2 is 1.38 bits per heavy atom. The Bertz CT molecular complexity index is 535. The minimum absolute atomic E-state index is 0.0362. The van der Waals surface area contributed by atoms with Gasteiger partial charge in [-0.25, -0.2) is 4.79 Å². The van der Waals surface area contributed by atoms with E-state index in [-0.39, 0.29) is 31.0 Å². The summed E-state index contributed by atoms with van der Waals surface area (Å²) in [5.74, 6) is -2.17. The summed E-state index contributed by atoms with van der Waals surface area (Å²) < 4.78 is 0. The molecule has 0 aliphatic heterocycles. The molecule has 0 spiro atoms. The number of nitrogens with zero attached hydrogens (tertiary/aromatic N) is 1. The lowest BCUT2D eigenvalue weighted by atomic mass is 10.0. The lowest BCUT2D eigenvalue weighted by molar-refractivity contribution is -0.144. The van der Waals surface area contributed by atoms with Crippen molar-refractivity contribution in [2.24, 2.45) is 11.8 Å². The fourth-order valence-electron chi connectivity index (χ4n) is 2.20. The van der Waals surface area contributed by atoms with Crippen LogP contribution in [0.25, 0.3) is 0 Å². The first-order valence-corrected chi connectivity index (χ1v) is 8.31. The van der Waals surface area contributed by atoms with Gasteiger partial charge in [0.2, 0.25) is 12.2 Å². The molecule has 0 radical (unpaired) electrons. The first-order valence-electron chi connectivity index (χ1n) is 8.31. The van der Waals surface area contributed by atoms with Gasteiger partial charge in [-0.05, 0) is 24.7 Å². The number of nitrogens with one attached hydrogen (secondary N) is 3. The summed E-state index contributed by atoms with van der Waals surface area (Å²) in [7, 11) is 1.20. The van der Waals surface area contributed by atoms with Crippen molar-refractivity contribution in [3.05, 3.63) is 0 Å². The van der Waals surface area contributed by atoms with E-state index < -0.39 is 35.9 Å². The second-order valence-electron chi connectivity index (χ2n) is 6.81. The Kier molecular flexibility index (Phi) is 9.93. The molecule has 0 rings (SSSR count). The lowest BCUT2D eigenvalue weighted by Gasteiger charge is -2.26. The fourth-order valence-corrected chi connectivity index (χ4v) is 2.20. The van der Waals surface area contributed by atoms with Gasteiger partial charge in [0.05, 0.1) is 0 Å². The number of carbonyl (C=O) groups excluding carboxylic acids is 4. The standard InChI is InChI=1S/C16H28N4O6/c1-9(2)6-11(18-16(25)26)14(23)17-12(7-10(3)4)15(24)19-20(5)13(22)8-21/h8-12,18H,6-7H2,1-5H3,(H,17,23)(H,19,24)(H,25,26)/t11-,12-/m0/s1. The first kappa shape index (κ1) is 23.4. The van der Waals surface area contributed by atoms with E-state index in [1.807, 2.05) is 27.7 Å². The van der Waals surface area contributed by atoms with E-state index in [4.69, 9.17) is 5.11 Å². The number of carbonyl (C=O) groups is 5. The predicted octanol–water partition coefficient (Wildman–Crippen LogP) is -0.112. The van der Waals surface area contributed by atoms with Gasteiger partial charge in [0.1, 0.15) is 12.1 Å². The van der Waals surface area contributed by atoms with Gasteiger partial charge in [0.25, 0.3) is 5.91 Å². The Balaban J connectivity index is 5.18. The molecular formula is C16H28N4O6. The monoisotopic (exact) mass is 372 g/mol. The van der Waals surface area contributed by atoms with Crippen molar-refractivity contribution in [2.45, 2.75) is 52.6 Å². The van der Waals surface area contributed by atoms with Crippen molar-refractivity contribution in [3.8, 4) is 0 Å². The third-order valence-electron chi connectivity index (χ3n) is 3.37. The first-order chi connectivity index (χ1) is 12.0. The van der Waals surface area contributed by atoms with Gasteiger partial charge in [-0.15, -0.1) is 0 Å². The number of likely N-dealkylation sites (N-methyl/N-ethyl adjacent to an activating group) is 1. The molecule has 0 aliphatic rings. The molecule has 0 aliphatic carbocycles. The van der Waals surface area contributed by atoms with E-state index in [2.05, 4.69) is 16.1 Å². The van der Waals surface area contributed by atoms with Crippen LogP contribution in [0.4, 0.5) is 4.79 Å². The number of carboxylic acid groups (broad SMARTS) is 1. The maximum Gasteiger partial charge on any atom is 0.405 e. The number of hydrogen-bond acceptors (Lipinski definition) is 5. The van der Waals surface area contributed by atoms with Crippen LogP contribution in [0.2, 0.25) is 0 Å². The molecule has 0 saturated carbocycles. The zero-order valence-corrected chi connectivity index (χ0v) is 15.7. The van der Waals surface area contributed by atoms with Crippen LogP contribution in [0.5, 0.6) is 0 Å². The molecule has 0 saturated heterocycles. The van der Waals surface area contributed by atoms with Gasteiger partial charge in [0, 0.05) is 7.05 Å². The van der Waals surface area contributed by atoms with E-state index in [9.17, 15) is 24.0 Å². The lowest BCUT2D eigenvalue weighted by Crippen LogP contribution is -2.57. The fraction of sp³-hybridized carbons (Fsp3) is 0.688. The highest BCUT2D eigenvalue weighted by Gasteiger charge is 2.28. The van der Waals surface area contributed by atoms with Crippen molar-refractivity contribution >= 4 is 30.1 Å². The molecule has 10 nitrogen and oxygen atoms in total. The topological polar surface area (TPSA) is 145 Å². The molecule has 0 unspecified atom stereocenters. The second kappa shape index (κ2) is 11.1. The van der Waals surface area contributed by atoms with Gasteiger partial charge in [-0.2, -0.15) is 0 Å². The molecule has 0 bridgehead atoms. The summed E-state index contributed by atoms with van der Waals surface area (Å²) in [6, 6.07) is -2.00. The van der Waals surface area contributed by atoms with Crippen LogP contribution in [0, 0.1) is 11.8 Å². The van der Waals surface area contributed by atoms with E-state index >= 15 is 0 Å². The Morgan fingerprint density at radius 3 is 1.77 bits per heavy atom. The molecule has 0 fully saturated rings. The van der Waals surface area contributed by atoms with E-state index in [1.54, 1.807) is 0 Å². The van der Waals surface area contributed by atoms with Gasteiger partial charge < -0.3 is 15.7 Å². The molecule has 0 heterocycles. The maximum atomic E-state index is 12.4. The molecule has 2 atom stereocenters. The largest absolute Gasteiger partial charge is 0.465 e. The zero-order chi connectivity index (χ0) is 20.4. The predicted molar refractivity (Wildman–Crippen MR) is 92.8 cm³/mol. The molecule has 4 N–H and O–H groups in total. The quantitative estimate of drug-likeness (QED) is 0.252. The normalized spacial score (nSPS) is 12.9. The zero-order valence-electron chi connectivity index (χ0n) is 15.7. The maximum absolute atomic E-state index is 12.4. The van der Waals surface area contributed by atoms with Crippen molar-refractivity contribution in [1.29, 1.82) is 0 Å². The van der Waals surface area contributed by atoms with Gasteiger partial charge in [-0.3, -0.25) is 29.6 Å². The SMILES string of the molecule is CC(C)C[C@H](NC(=O)O)C(=O)N[C@@H](CC(C)C)C(=O)NN(C)C(=O)C=O. The van der Waals surface area contributed by atoms with Crippen LogP contribution in [0.15, 0.2) is 0 Å². The summed E-state index contributed by atoms with van der Waals surface area (Å²) in [6.07, 6.45) is -0.766. The van der Waals surface area contributed by atoms with Crippen molar-refractivity contribution in [3.63, 3.8) is 0 Å². The number of hydrogen-bond donors (Lipinski definition) is 4. The number of rotatable bonds is 9. The van der Waals surface area contributed by atoms with Crippen LogP contribution in [0.1, 0.15) is 40.5 Å². The Labute approximate surface area is 152 Å². The molecule has 0 aromatic heterocycles. The molecule has 0 aromatic rings.